The summed E-state index contributed by atoms with van der Waals surface area (Å²) >= 11 is 0. The Kier molecular flexibility index (Phi) is 15.0. The minimum atomic E-state index is -1.93. The number of hydrogen-bond acceptors (Lipinski definition) is 9. The van der Waals surface area contributed by atoms with Crippen LogP contribution < -0.4 is 0 Å². The Bertz CT molecular complexity index is 394. The molecule has 0 amide bonds. The van der Waals surface area contributed by atoms with E-state index in [9.17, 15) is 25.5 Å². The number of hydrogen-bond donors (Lipinski definition) is 5. The van der Waals surface area contributed by atoms with Crippen LogP contribution in [0.15, 0.2) is 0 Å². The molecule has 142 valence electrons. The van der Waals surface area contributed by atoms with Crippen LogP contribution in [0.5, 0.6) is 0 Å². The van der Waals surface area contributed by atoms with Gasteiger partial charge in [-0.05, 0) is 6.10 Å². The molecule has 2 aliphatic heterocycles. The molecule has 2 fully saturated rings. The van der Waals surface area contributed by atoms with Crippen molar-refractivity contribution in [2.45, 2.75) is 54.8 Å². The van der Waals surface area contributed by atoms with Crippen molar-refractivity contribution in [2.75, 3.05) is 13.7 Å². The molecule has 9 nitrogen and oxygen atoms in total. The molecule has 2 saturated heterocycles. The SMILES string of the molecule is [CH2-]C1OC([CH2-])(OC2OC(COC)C(O)C(O)C2O)C(O)C1O.[U].[U].[U]. The molecule has 5 N–H and O–H groups in total. The average molecular weight is 1040 g/mol. The van der Waals surface area contributed by atoms with Crippen molar-refractivity contribution in [3.63, 3.8) is 0 Å². The number of aliphatic hydroxyl groups excluding tert-OH is 5. The molecule has 0 aromatic heterocycles. The van der Waals surface area contributed by atoms with E-state index in [1.54, 1.807) is 0 Å². The fourth-order valence-electron chi connectivity index (χ4n) is 2.47. The van der Waals surface area contributed by atoms with Gasteiger partial charge in [-0.1, -0.05) is 0 Å². The van der Waals surface area contributed by atoms with Gasteiger partial charge in [-0.15, -0.1) is 0 Å². The molecule has 0 aliphatic carbocycles. The first-order chi connectivity index (χ1) is 10.2. The molecule has 0 spiro atoms. The quantitative estimate of drug-likeness (QED) is 0.186. The normalized spacial score (nSPS) is 46.6. The van der Waals surface area contributed by atoms with E-state index in [1.807, 2.05) is 0 Å². The van der Waals surface area contributed by atoms with Crippen molar-refractivity contribution >= 4 is 0 Å². The molecule has 0 bridgehead atoms. The second-order valence-electron chi connectivity index (χ2n) is 5.49. The molecule has 2 aliphatic rings. The Morgan fingerprint density at radius 3 is 1.96 bits per heavy atom. The average Bonchev–Trinajstić information content (AvgIpc) is 2.66. The van der Waals surface area contributed by atoms with Crippen molar-refractivity contribution in [1.82, 2.24) is 0 Å². The number of methoxy groups -OCH3 is 1. The summed E-state index contributed by atoms with van der Waals surface area (Å²) in [5.41, 5.74) is 0. The molecule has 0 radical (unpaired) electrons. The standard InChI is InChI=1S/C13H22O9.3U/c1-5-7(14)11(18)13(2,21-5)22-12-10(17)9(16)8(15)6(20-12)4-19-3;;;/h5-12,14-18H,1-2,4H2,3H3;;;/q-2;;;. The van der Waals surface area contributed by atoms with Crippen LogP contribution in [0.25, 0.3) is 0 Å². The molecule has 9 atom stereocenters. The van der Waals surface area contributed by atoms with E-state index in [2.05, 4.69) is 13.8 Å². The maximum absolute atomic E-state index is 9.94. The molecule has 2 heterocycles. The second kappa shape index (κ2) is 12.5. The van der Waals surface area contributed by atoms with Crippen LogP contribution in [-0.2, 0) is 18.9 Å². The van der Waals surface area contributed by atoms with Crippen LogP contribution in [0.2, 0.25) is 0 Å². The third-order valence-electron chi connectivity index (χ3n) is 3.82. The van der Waals surface area contributed by atoms with Crippen LogP contribution >= 0.6 is 0 Å². The third kappa shape index (κ3) is 6.64. The molecular formula is C13H22O9U3-2. The van der Waals surface area contributed by atoms with Gasteiger partial charge in [0, 0.05) is 100 Å². The topological polar surface area (TPSA) is 138 Å². The molecular weight excluding hydrogens is 1010 g/mol. The smallest absolute Gasteiger partial charge is 0.186 e. The number of rotatable bonds is 4. The van der Waals surface area contributed by atoms with Gasteiger partial charge in [-0.2, -0.15) is 0 Å². The summed E-state index contributed by atoms with van der Waals surface area (Å²) < 4.78 is 20.7. The number of ether oxygens (including phenoxy) is 4. The predicted octanol–water partition coefficient (Wildman–Crippen LogP) is -3.06. The van der Waals surface area contributed by atoms with E-state index >= 15 is 0 Å². The maximum atomic E-state index is 9.94. The summed E-state index contributed by atoms with van der Waals surface area (Å²) in [6.45, 7) is 6.96. The zero-order chi connectivity index (χ0) is 16.7. The first-order valence-corrected chi connectivity index (χ1v) is 6.80. The third-order valence-corrected chi connectivity index (χ3v) is 3.82. The van der Waals surface area contributed by atoms with Gasteiger partial charge < -0.3 is 51.4 Å². The van der Waals surface area contributed by atoms with E-state index in [4.69, 9.17) is 18.9 Å². The predicted molar refractivity (Wildman–Crippen MR) is 70.0 cm³/mol. The maximum Gasteiger partial charge on any atom is 0.186 e. The summed E-state index contributed by atoms with van der Waals surface area (Å²) in [7, 11) is 1.37. The van der Waals surface area contributed by atoms with Gasteiger partial charge >= 0.3 is 0 Å². The van der Waals surface area contributed by atoms with Crippen LogP contribution in [-0.4, -0.2) is 94.1 Å². The zero-order valence-electron chi connectivity index (χ0n) is 13.6. The molecule has 9 unspecified atom stereocenters. The van der Waals surface area contributed by atoms with Crippen molar-refractivity contribution < 1.29 is 138 Å². The van der Waals surface area contributed by atoms with Crippen molar-refractivity contribution in [3.05, 3.63) is 13.8 Å². The summed E-state index contributed by atoms with van der Waals surface area (Å²) in [5, 5.41) is 49.2. The van der Waals surface area contributed by atoms with E-state index in [1.165, 1.54) is 7.11 Å². The Hall–Kier alpha value is 2.80. The van der Waals surface area contributed by atoms with Crippen molar-refractivity contribution in [2.24, 2.45) is 0 Å². The van der Waals surface area contributed by atoms with E-state index in [-0.39, 0.29) is 99.9 Å². The van der Waals surface area contributed by atoms with Gasteiger partial charge in [0.25, 0.3) is 0 Å². The van der Waals surface area contributed by atoms with Crippen LogP contribution in [0.3, 0.4) is 0 Å². The first-order valence-electron chi connectivity index (χ1n) is 6.80. The minimum Gasteiger partial charge on any atom is -0.404 e. The van der Waals surface area contributed by atoms with Gasteiger partial charge in [-0.3, -0.25) is 6.92 Å². The molecule has 0 aromatic rings. The summed E-state index contributed by atoms with van der Waals surface area (Å²) in [6, 6.07) is 0. The molecule has 0 saturated carbocycles. The van der Waals surface area contributed by atoms with Gasteiger partial charge in [-0.25, -0.2) is 0 Å². The summed E-state index contributed by atoms with van der Waals surface area (Å²) in [4.78, 5) is 0. The second-order valence-corrected chi connectivity index (χ2v) is 5.49. The monoisotopic (exact) mass is 1040 g/mol. The fraction of sp³-hybridized carbons (Fsp3) is 0.846. The summed E-state index contributed by atoms with van der Waals surface area (Å²) in [5.74, 6) is -1.93. The largest absolute Gasteiger partial charge is 0.404 e. The van der Waals surface area contributed by atoms with Crippen molar-refractivity contribution in [1.29, 1.82) is 0 Å². The van der Waals surface area contributed by atoms with Gasteiger partial charge in [0.05, 0.1) is 18.5 Å². The van der Waals surface area contributed by atoms with Gasteiger partial charge in [0.15, 0.2) is 6.29 Å². The first kappa shape index (κ1) is 30.0. The van der Waals surface area contributed by atoms with Crippen LogP contribution in [0, 0.1) is 107 Å². The Labute approximate surface area is 217 Å². The Morgan fingerprint density at radius 2 is 1.52 bits per heavy atom. The minimum absolute atomic E-state index is 0. The molecule has 0 aromatic carbocycles. The van der Waals surface area contributed by atoms with E-state index in [0.29, 0.717) is 0 Å². The van der Waals surface area contributed by atoms with Crippen LogP contribution in [0.4, 0.5) is 0 Å². The molecule has 12 heteroatoms. The van der Waals surface area contributed by atoms with Gasteiger partial charge in [0.2, 0.25) is 0 Å². The van der Waals surface area contributed by atoms with Gasteiger partial charge in [0.1, 0.15) is 30.5 Å². The van der Waals surface area contributed by atoms with Crippen molar-refractivity contribution in [3.8, 4) is 0 Å². The zero-order valence-corrected chi connectivity index (χ0v) is 26.1. The molecule has 25 heavy (non-hydrogen) atoms. The Balaban J connectivity index is 0. The fourth-order valence-corrected chi connectivity index (χ4v) is 2.47. The van der Waals surface area contributed by atoms with E-state index < -0.39 is 54.8 Å². The summed E-state index contributed by atoms with van der Waals surface area (Å²) in [6.07, 6.45) is -10.8. The van der Waals surface area contributed by atoms with E-state index in [0.717, 1.165) is 0 Å². The molecule has 2 rings (SSSR count). The number of aliphatic hydroxyl groups is 5. The van der Waals surface area contributed by atoms with Crippen LogP contribution in [0.1, 0.15) is 0 Å². The Morgan fingerprint density at radius 1 is 0.960 bits per heavy atom.